The zero-order valence-corrected chi connectivity index (χ0v) is 23.8. The molecule has 5 rings (SSSR count). The molecule has 1 fully saturated rings. The van der Waals surface area contributed by atoms with Gasteiger partial charge in [0.2, 0.25) is 16.0 Å². The smallest absolute Gasteiger partial charge is 0.350 e. The van der Waals surface area contributed by atoms with Crippen LogP contribution < -0.4 is 20.9 Å². The standard InChI is InChI=1S/C28H26F6N6O3S/c1-15(28(32,33)34)40-25-17(11-36-27(38-25)37-19-10-18(29)12-35-13-19)9-21(26(40)41)20-7-8-22(24(31)23(20)30)39-44(42,43)14-16-5-3-2-4-6-16/h2-9,11,15,18-19,35,39H,10,12-14H2,1H3,(H,36,37,38)/t15?,18-,19-/m0/s1. The van der Waals surface area contributed by atoms with Gasteiger partial charge in [-0.2, -0.15) is 18.2 Å². The maximum atomic E-state index is 15.4. The number of piperidine rings is 1. The van der Waals surface area contributed by atoms with Crippen molar-refractivity contribution in [2.75, 3.05) is 23.1 Å². The van der Waals surface area contributed by atoms with Crippen LogP contribution in [0.15, 0.2) is 59.5 Å². The molecule has 0 radical (unpaired) electrons. The predicted octanol–water partition coefficient (Wildman–Crippen LogP) is 4.91. The quantitative estimate of drug-likeness (QED) is 0.234. The predicted molar refractivity (Wildman–Crippen MR) is 152 cm³/mol. The molecule has 1 aliphatic heterocycles. The minimum atomic E-state index is -4.94. The topological polar surface area (TPSA) is 118 Å². The monoisotopic (exact) mass is 640 g/mol. The molecule has 3 atom stereocenters. The molecule has 9 nitrogen and oxygen atoms in total. The minimum absolute atomic E-state index is 0.0983. The number of hydrogen-bond donors (Lipinski definition) is 3. The maximum Gasteiger partial charge on any atom is 0.409 e. The summed E-state index contributed by atoms with van der Waals surface area (Å²) in [6, 6.07) is 7.81. The Labute approximate surface area is 247 Å². The molecular weight excluding hydrogens is 614 g/mol. The Morgan fingerprint density at radius 3 is 2.48 bits per heavy atom. The van der Waals surface area contributed by atoms with Crippen molar-refractivity contribution in [1.82, 2.24) is 19.9 Å². The van der Waals surface area contributed by atoms with Crippen LogP contribution in [0.3, 0.4) is 0 Å². The van der Waals surface area contributed by atoms with Gasteiger partial charge in [0.25, 0.3) is 5.56 Å². The van der Waals surface area contributed by atoms with Crippen molar-refractivity contribution in [3.05, 3.63) is 82.3 Å². The number of rotatable bonds is 8. The van der Waals surface area contributed by atoms with Crippen molar-refractivity contribution in [1.29, 1.82) is 0 Å². The number of pyridine rings is 1. The molecule has 234 valence electrons. The number of anilines is 2. The number of nitrogens with one attached hydrogen (secondary N) is 3. The third kappa shape index (κ3) is 6.65. The SMILES string of the molecule is CC(n1c(=O)c(-c2ccc(NS(=O)(=O)Cc3ccccc3)c(F)c2F)cc2cnc(N[C@@H]3CNC[C@@H](F)C3)nc21)C(F)(F)F. The Bertz CT molecular complexity index is 1850. The van der Waals surface area contributed by atoms with E-state index in [0.29, 0.717) is 23.6 Å². The van der Waals surface area contributed by atoms with Crippen LogP contribution in [-0.4, -0.2) is 54.4 Å². The average Bonchev–Trinajstić information content (AvgIpc) is 2.95. The molecule has 44 heavy (non-hydrogen) atoms. The van der Waals surface area contributed by atoms with Gasteiger partial charge in [-0.1, -0.05) is 30.3 Å². The van der Waals surface area contributed by atoms with Crippen LogP contribution >= 0.6 is 0 Å². The summed E-state index contributed by atoms with van der Waals surface area (Å²) in [5.74, 6) is -4.00. The number of alkyl halides is 4. The number of nitrogens with zero attached hydrogens (tertiary/aromatic N) is 3. The van der Waals surface area contributed by atoms with Crippen molar-refractivity contribution in [2.45, 2.75) is 43.5 Å². The van der Waals surface area contributed by atoms with Crippen LogP contribution in [-0.2, 0) is 15.8 Å². The molecule has 2 aromatic carbocycles. The first-order valence-electron chi connectivity index (χ1n) is 13.4. The summed E-state index contributed by atoms with van der Waals surface area (Å²) < 4.78 is 114. The first kappa shape index (κ1) is 31.3. The van der Waals surface area contributed by atoms with Gasteiger partial charge in [0, 0.05) is 42.7 Å². The van der Waals surface area contributed by atoms with E-state index in [4.69, 9.17) is 0 Å². The van der Waals surface area contributed by atoms with Gasteiger partial charge in [-0.25, -0.2) is 26.6 Å². The molecule has 0 amide bonds. The van der Waals surface area contributed by atoms with Gasteiger partial charge >= 0.3 is 6.18 Å². The van der Waals surface area contributed by atoms with E-state index in [-0.39, 0.29) is 24.3 Å². The lowest BCUT2D eigenvalue weighted by atomic mass is 10.0. The van der Waals surface area contributed by atoms with E-state index in [1.165, 1.54) is 12.1 Å². The second kappa shape index (κ2) is 12.1. The largest absolute Gasteiger partial charge is 0.409 e. The van der Waals surface area contributed by atoms with Crippen molar-refractivity contribution in [2.24, 2.45) is 0 Å². The average molecular weight is 641 g/mol. The van der Waals surface area contributed by atoms with E-state index in [9.17, 15) is 30.8 Å². The van der Waals surface area contributed by atoms with Crippen LogP contribution in [0, 0.1) is 11.6 Å². The van der Waals surface area contributed by atoms with E-state index in [1.54, 1.807) is 18.2 Å². The van der Waals surface area contributed by atoms with Crippen molar-refractivity contribution < 1.29 is 34.8 Å². The first-order chi connectivity index (χ1) is 20.7. The molecular formula is C28H26F6N6O3S. The fourth-order valence-electron chi connectivity index (χ4n) is 4.90. The van der Waals surface area contributed by atoms with Crippen LogP contribution in [0.25, 0.3) is 22.2 Å². The summed E-state index contributed by atoms with van der Waals surface area (Å²) in [5, 5.41) is 5.61. The van der Waals surface area contributed by atoms with Gasteiger partial charge in [0.05, 0.1) is 17.0 Å². The number of halogens is 6. The summed E-state index contributed by atoms with van der Waals surface area (Å²) >= 11 is 0. The molecule has 0 bridgehead atoms. The zero-order chi connectivity index (χ0) is 31.8. The Morgan fingerprint density at radius 2 is 1.80 bits per heavy atom. The van der Waals surface area contributed by atoms with E-state index in [1.807, 2.05) is 4.72 Å². The van der Waals surface area contributed by atoms with Crippen molar-refractivity contribution in [3.63, 3.8) is 0 Å². The molecule has 16 heteroatoms. The first-order valence-corrected chi connectivity index (χ1v) is 15.0. The second-order valence-electron chi connectivity index (χ2n) is 10.4. The van der Waals surface area contributed by atoms with Crippen LogP contribution in [0.1, 0.15) is 24.9 Å². The number of aromatic nitrogens is 3. The molecule has 1 saturated heterocycles. The molecule has 3 heterocycles. The highest BCUT2D eigenvalue weighted by molar-refractivity contribution is 7.91. The van der Waals surface area contributed by atoms with Gasteiger partial charge in [-0.15, -0.1) is 0 Å². The maximum absolute atomic E-state index is 15.4. The Kier molecular flexibility index (Phi) is 8.57. The third-order valence-corrected chi connectivity index (χ3v) is 8.35. The summed E-state index contributed by atoms with van der Waals surface area (Å²) in [5.41, 5.74) is -3.47. The zero-order valence-electron chi connectivity index (χ0n) is 23.0. The molecule has 4 aromatic rings. The highest BCUT2D eigenvalue weighted by atomic mass is 32.2. The van der Waals surface area contributed by atoms with Gasteiger partial charge in [0.15, 0.2) is 11.6 Å². The summed E-state index contributed by atoms with van der Waals surface area (Å²) in [6.45, 7) is 1.20. The van der Waals surface area contributed by atoms with Crippen molar-refractivity contribution in [3.8, 4) is 11.1 Å². The highest BCUT2D eigenvalue weighted by Crippen LogP contribution is 2.34. The number of sulfonamides is 1. The van der Waals surface area contributed by atoms with Crippen LogP contribution in [0.2, 0.25) is 0 Å². The van der Waals surface area contributed by atoms with Gasteiger partial charge in [0.1, 0.15) is 17.9 Å². The Hall–Kier alpha value is -4.18. The number of benzene rings is 2. The van der Waals surface area contributed by atoms with Crippen LogP contribution in [0.4, 0.5) is 38.0 Å². The molecule has 3 N–H and O–H groups in total. The Balaban J connectivity index is 1.55. The molecule has 0 aliphatic carbocycles. The lowest BCUT2D eigenvalue weighted by Gasteiger charge is -2.26. The molecule has 0 saturated carbocycles. The van der Waals surface area contributed by atoms with E-state index >= 15 is 8.78 Å². The Morgan fingerprint density at radius 1 is 1.07 bits per heavy atom. The van der Waals surface area contributed by atoms with Gasteiger partial charge in [-0.05, 0) is 30.7 Å². The summed E-state index contributed by atoms with van der Waals surface area (Å²) in [4.78, 5) is 21.7. The fraction of sp³-hybridized carbons (Fsp3) is 0.321. The van der Waals surface area contributed by atoms with Crippen molar-refractivity contribution >= 4 is 32.7 Å². The fourth-order valence-corrected chi connectivity index (χ4v) is 6.10. The van der Waals surface area contributed by atoms with Gasteiger partial charge in [-0.3, -0.25) is 14.1 Å². The second-order valence-corrected chi connectivity index (χ2v) is 12.1. The lowest BCUT2D eigenvalue weighted by Crippen LogP contribution is -2.44. The van der Waals surface area contributed by atoms with Gasteiger partial charge < -0.3 is 10.6 Å². The van der Waals surface area contributed by atoms with E-state index < -0.39 is 79.9 Å². The third-order valence-electron chi connectivity index (χ3n) is 7.10. The summed E-state index contributed by atoms with van der Waals surface area (Å²) in [7, 11) is -4.19. The summed E-state index contributed by atoms with van der Waals surface area (Å²) in [6.07, 6.45) is -4.89. The van der Waals surface area contributed by atoms with E-state index in [0.717, 1.165) is 24.4 Å². The molecule has 2 aromatic heterocycles. The minimum Gasteiger partial charge on any atom is -0.350 e. The molecule has 1 unspecified atom stereocenters. The molecule has 0 spiro atoms. The van der Waals surface area contributed by atoms with E-state index in [2.05, 4.69) is 20.6 Å². The number of fused-ring (bicyclic) bond motifs is 1. The normalized spacial score (nSPS) is 18.2. The highest BCUT2D eigenvalue weighted by Gasteiger charge is 2.39. The number of hydrogen-bond acceptors (Lipinski definition) is 7. The van der Waals surface area contributed by atoms with Crippen LogP contribution in [0.5, 0.6) is 0 Å². The molecule has 1 aliphatic rings. The lowest BCUT2D eigenvalue weighted by molar-refractivity contribution is -0.162.